The van der Waals surface area contributed by atoms with Gasteiger partial charge in [-0.1, -0.05) is 35.5 Å². The standard InChI is InChI=1S/C14H12ClNO2S/c1-9(17)19-7-3-4-10-8-12(15)11-5-2-6-16-13(11)14(10)18/h2-6,8,18H,7H2,1H3. The van der Waals surface area contributed by atoms with E-state index in [1.165, 1.54) is 18.7 Å². The van der Waals surface area contributed by atoms with E-state index in [1.807, 2.05) is 12.1 Å². The quantitative estimate of drug-likeness (QED) is 0.933. The van der Waals surface area contributed by atoms with Crippen LogP contribution in [0.2, 0.25) is 5.02 Å². The van der Waals surface area contributed by atoms with Gasteiger partial charge in [-0.3, -0.25) is 9.78 Å². The van der Waals surface area contributed by atoms with Gasteiger partial charge in [-0.2, -0.15) is 0 Å². The largest absolute Gasteiger partial charge is 0.505 e. The highest BCUT2D eigenvalue weighted by Crippen LogP contribution is 2.33. The summed E-state index contributed by atoms with van der Waals surface area (Å²) in [6.07, 6.45) is 5.16. The third kappa shape index (κ3) is 3.28. The Kier molecular flexibility index (Phi) is 4.45. The number of halogens is 1. The lowest BCUT2D eigenvalue weighted by molar-refractivity contribution is -0.109. The molecule has 2 aromatic rings. The van der Waals surface area contributed by atoms with Gasteiger partial charge in [-0.15, -0.1) is 0 Å². The maximum Gasteiger partial charge on any atom is 0.186 e. The van der Waals surface area contributed by atoms with E-state index in [0.717, 1.165) is 5.39 Å². The second-order valence-corrected chi connectivity index (χ2v) is 5.50. The van der Waals surface area contributed by atoms with Crippen molar-refractivity contribution in [2.75, 3.05) is 5.75 Å². The number of carbonyl (C=O) groups excluding carboxylic acids is 1. The average Bonchev–Trinajstić information content (AvgIpc) is 2.40. The van der Waals surface area contributed by atoms with Crippen molar-refractivity contribution in [3.8, 4) is 5.75 Å². The number of benzene rings is 1. The summed E-state index contributed by atoms with van der Waals surface area (Å²) in [7, 11) is 0. The number of phenols is 1. The Morgan fingerprint density at radius 3 is 3.11 bits per heavy atom. The van der Waals surface area contributed by atoms with Crippen LogP contribution in [-0.4, -0.2) is 21.0 Å². The molecule has 0 fully saturated rings. The molecule has 0 radical (unpaired) electrons. The van der Waals surface area contributed by atoms with Crippen LogP contribution in [0.25, 0.3) is 17.0 Å². The van der Waals surface area contributed by atoms with E-state index in [1.54, 1.807) is 24.4 Å². The summed E-state index contributed by atoms with van der Waals surface area (Å²) in [5.41, 5.74) is 1.08. The van der Waals surface area contributed by atoms with Crippen LogP contribution in [0.1, 0.15) is 12.5 Å². The van der Waals surface area contributed by atoms with Crippen molar-refractivity contribution in [2.45, 2.75) is 6.92 Å². The molecule has 0 unspecified atom stereocenters. The van der Waals surface area contributed by atoms with Gasteiger partial charge in [-0.05, 0) is 18.2 Å². The van der Waals surface area contributed by atoms with E-state index < -0.39 is 0 Å². The molecule has 98 valence electrons. The predicted molar refractivity (Wildman–Crippen MR) is 80.6 cm³/mol. The van der Waals surface area contributed by atoms with Crippen molar-refractivity contribution in [1.82, 2.24) is 4.98 Å². The summed E-state index contributed by atoms with van der Waals surface area (Å²) in [6, 6.07) is 5.27. The molecular formula is C14H12ClNO2S. The summed E-state index contributed by atoms with van der Waals surface area (Å²) in [5.74, 6) is 0.663. The molecule has 19 heavy (non-hydrogen) atoms. The van der Waals surface area contributed by atoms with Gasteiger partial charge in [-0.25, -0.2) is 0 Å². The van der Waals surface area contributed by atoms with Crippen molar-refractivity contribution in [1.29, 1.82) is 0 Å². The van der Waals surface area contributed by atoms with E-state index in [4.69, 9.17) is 11.6 Å². The second kappa shape index (κ2) is 6.08. The van der Waals surface area contributed by atoms with Crippen molar-refractivity contribution in [3.05, 3.63) is 41.1 Å². The van der Waals surface area contributed by atoms with Crippen molar-refractivity contribution in [2.24, 2.45) is 0 Å². The predicted octanol–water partition coefficient (Wildman–Crippen LogP) is 3.89. The molecule has 0 atom stereocenters. The molecule has 0 amide bonds. The number of nitrogens with zero attached hydrogens (tertiary/aromatic N) is 1. The van der Waals surface area contributed by atoms with Crippen molar-refractivity contribution in [3.63, 3.8) is 0 Å². The summed E-state index contributed by atoms with van der Waals surface area (Å²) in [4.78, 5) is 14.9. The van der Waals surface area contributed by atoms with Crippen LogP contribution in [0.15, 0.2) is 30.5 Å². The van der Waals surface area contributed by atoms with Gasteiger partial charge in [0.25, 0.3) is 0 Å². The molecule has 0 aliphatic carbocycles. The third-order valence-corrected chi connectivity index (χ3v) is 3.60. The lowest BCUT2D eigenvalue weighted by atomic mass is 10.1. The highest BCUT2D eigenvalue weighted by Gasteiger charge is 2.09. The number of hydrogen-bond donors (Lipinski definition) is 1. The minimum atomic E-state index is 0.0621. The Balaban J connectivity index is 2.34. The Hall–Kier alpha value is -1.52. The number of thioether (sulfide) groups is 1. The van der Waals surface area contributed by atoms with Crippen LogP contribution in [0, 0.1) is 0 Å². The lowest BCUT2D eigenvalue weighted by Gasteiger charge is -2.05. The monoisotopic (exact) mass is 293 g/mol. The van der Waals surface area contributed by atoms with Crippen LogP contribution in [0.3, 0.4) is 0 Å². The highest BCUT2D eigenvalue weighted by molar-refractivity contribution is 8.13. The Labute approximate surface area is 120 Å². The van der Waals surface area contributed by atoms with Gasteiger partial charge in [0.1, 0.15) is 11.3 Å². The lowest BCUT2D eigenvalue weighted by Crippen LogP contribution is -1.85. The zero-order chi connectivity index (χ0) is 13.8. The molecule has 1 aromatic heterocycles. The molecule has 1 N–H and O–H groups in total. The SMILES string of the molecule is CC(=O)SCC=Cc1cc(Cl)c2cccnc2c1O. The van der Waals surface area contributed by atoms with Gasteiger partial charge in [0.15, 0.2) is 5.12 Å². The van der Waals surface area contributed by atoms with Crippen LogP contribution in [-0.2, 0) is 4.79 Å². The number of pyridine rings is 1. The van der Waals surface area contributed by atoms with Crippen LogP contribution in [0.4, 0.5) is 0 Å². The Morgan fingerprint density at radius 1 is 1.58 bits per heavy atom. The summed E-state index contributed by atoms with van der Waals surface area (Å²) < 4.78 is 0. The Bertz CT molecular complexity index is 655. The zero-order valence-electron chi connectivity index (χ0n) is 10.3. The maximum atomic E-state index is 10.8. The molecule has 0 aliphatic heterocycles. The fourth-order valence-corrected chi connectivity index (χ4v) is 2.37. The molecule has 0 spiro atoms. The van der Waals surface area contributed by atoms with Crippen LogP contribution >= 0.6 is 23.4 Å². The minimum Gasteiger partial charge on any atom is -0.505 e. The molecule has 0 saturated carbocycles. The first kappa shape index (κ1) is 13.9. The summed E-state index contributed by atoms with van der Waals surface area (Å²) in [5, 5.41) is 11.5. The molecule has 0 aliphatic rings. The number of hydrogen-bond acceptors (Lipinski definition) is 4. The maximum absolute atomic E-state index is 10.8. The minimum absolute atomic E-state index is 0.0621. The first-order chi connectivity index (χ1) is 9.09. The second-order valence-electron chi connectivity index (χ2n) is 3.90. The van der Waals surface area contributed by atoms with Crippen molar-refractivity contribution < 1.29 is 9.90 Å². The van der Waals surface area contributed by atoms with E-state index >= 15 is 0 Å². The van der Waals surface area contributed by atoms with Gasteiger partial charge in [0, 0.05) is 29.8 Å². The first-order valence-electron chi connectivity index (χ1n) is 5.65. The van der Waals surface area contributed by atoms with E-state index in [-0.39, 0.29) is 10.9 Å². The topological polar surface area (TPSA) is 50.2 Å². The summed E-state index contributed by atoms with van der Waals surface area (Å²) >= 11 is 7.36. The number of aromatic hydroxyl groups is 1. The molecular weight excluding hydrogens is 282 g/mol. The van der Waals surface area contributed by atoms with Gasteiger partial charge >= 0.3 is 0 Å². The number of carbonyl (C=O) groups is 1. The average molecular weight is 294 g/mol. The van der Waals surface area contributed by atoms with Crippen LogP contribution < -0.4 is 0 Å². The zero-order valence-corrected chi connectivity index (χ0v) is 11.8. The van der Waals surface area contributed by atoms with E-state index in [0.29, 0.717) is 21.9 Å². The normalized spacial score (nSPS) is 11.3. The fourth-order valence-electron chi connectivity index (χ4n) is 1.67. The molecule has 1 aromatic carbocycles. The molecule has 5 heteroatoms. The van der Waals surface area contributed by atoms with Crippen molar-refractivity contribution >= 4 is 45.5 Å². The van der Waals surface area contributed by atoms with Gasteiger partial charge < -0.3 is 5.11 Å². The number of aromatic nitrogens is 1. The van der Waals surface area contributed by atoms with E-state index in [9.17, 15) is 9.90 Å². The molecule has 2 rings (SSSR count). The number of fused-ring (bicyclic) bond motifs is 1. The molecule has 0 saturated heterocycles. The number of rotatable bonds is 3. The van der Waals surface area contributed by atoms with Crippen LogP contribution in [0.5, 0.6) is 5.75 Å². The van der Waals surface area contributed by atoms with E-state index in [2.05, 4.69) is 4.98 Å². The third-order valence-electron chi connectivity index (χ3n) is 2.53. The molecule has 3 nitrogen and oxygen atoms in total. The van der Waals surface area contributed by atoms with Gasteiger partial charge in [0.2, 0.25) is 0 Å². The Morgan fingerprint density at radius 2 is 2.37 bits per heavy atom. The highest BCUT2D eigenvalue weighted by atomic mass is 35.5. The smallest absolute Gasteiger partial charge is 0.186 e. The van der Waals surface area contributed by atoms with Gasteiger partial charge in [0.05, 0.1) is 5.02 Å². The fraction of sp³-hybridized carbons (Fsp3) is 0.143. The molecule has 1 heterocycles. The molecule has 0 bridgehead atoms. The number of phenolic OH excluding ortho intramolecular Hbond substituents is 1. The summed E-state index contributed by atoms with van der Waals surface area (Å²) in [6.45, 7) is 1.52. The first-order valence-corrected chi connectivity index (χ1v) is 7.02.